The number of aryl methyl sites for hydroxylation is 1. The summed E-state index contributed by atoms with van der Waals surface area (Å²) in [7, 11) is 0. The number of hydrogen-bond acceptors (Lipinski definition) is 2. The topological polar surface area (TPSA) is 49.8 Å². The van der Waals surface area contributed by atoms with Crippen LogP contribution >= 0.6 is 0 Å². The number of rotatable bonds is 2. The summed E-state index contributed by atoms with van der Waals surface area (Å²) in [6.45, 7) is 2.08. The molecule has 0 heterocycles. The Morgan fingerprint density at radius 3 is 2.62 bits per heavy atom. The fourth-order valence-corrected chi connectivity index (χ4v) is 1.83. The number of nitriles is 1. The highest BCUT2D eigenvalue weighted by atomic mass is 14.6. The Balaban J connectivity index is 2.45. The third-order valence-corrected chi connectivity index (χ3v) is 2.76. The average Bonchev–Trinajstić information content (AvgIpc) is 2.28. The van der Waals surface area contributed by atoms with Crippen molar-refractivity contribution in [3.8, 4) is 6.07 Å². The van der Waals surface area contributed by atoms with E-state index in [1.54, 1.807) is 0 Å². The van der Waals surface area contributed by atoms with Crippen LogP contribution in [0.3, 0.4) is 0 Å². The molecule has 1 unspecified atom stereocenters. The number of hydrogen-bond donors (Lipinski definition) is 1. The highest BCUT2D eigenvalue weighted by molar-refractivity contribution is 5.83. The Labute approximate surface area is 95.3 Å². The highest BCUT2D eigenvalue weighted by Gasteiger charge is 2.05. The van der Waals surface area contributed by atoms with Gasteiger partial charge in [-0.1, -0.05) is 35.9 Å². The zero-order valence-corrected chi connectivity index (χ0v) is 9.27. The first kappa shape index (κ1) is 10.7. The molecule has 0 amide bonds. The Hall–Kier alpha value is -1.85. The van der Waals surface area contributed by atoms with Gasteiger partial charge in [-0.15, -0.1) is 0 Å². The van der Waals surface area contributed by atoms with Gasteiger partial charge in [0.1, 0.15) is 0 Å². The van der Waals surface area contributed by atoms with E-state index in [0.29, 0.717) is 6.42 Å². The monoisotopic (exact) mass is 210 g/mol. The molecule has 0 aliphatic carbocycles. The van der Waals surface area contributed by atoms with Gasteiger partial charge in [0.15, 0.2) is 0 Å². The fourth-order valence-electron chi connectivity index (χ4n) is 1.83. The molecule has 2 aromatic rings. The molecule has 0 saturated carbocycles. The Bertz CT molecular complexity index is 552. The molecular formula is C14H14N2. The second-order valence-electron chi connectivity index (χ2n) is 4.08. The summed E-state index contributed by atoms with van der Waals surface area (Å²) in [6.07, 6.45) is 0.359. The van der Waals surface area contributed by atoms with Crippen LogP contribution in [0, 0.1) is 18.3 Å². The van der Waals surface area contributed by atoms with Crippen LogP contribution in [0.1, 0.15) is 23.6 Å². The molecule has 2 rings (SSSR count). The van der Waals surface area contributed by atoms with E-state index >= 15 is 0 Å². The van der Waals surface area contributed by atoms with Gasteiger partial charge >= 0.3 is 0 Å². The third kappa shape index (κ3) is 2.05. The summed E-state index contributed by atoms with van der Waals surface area (Å²) in [4.78, 5) is 0. The van der Waals surface area contributed by atoms with Crippen LogP contribution in [-0.2, 0) is 0 Å². The van der Waals surface area contributed by atoms with Crippen molar-refractivity contribution in [3.05, 3.63) is 47.5 Å². The highest BCUT2D eigenvalue weighted by Crippen LogP contribution is 2.21. The quantitative estimate of drug-likeness (QED) is 0.828. The first-order chi connectivity index (χ1) is 7.70. The molecule has 0 radical (unpaired) electrons. The van der Waals surface area contributed by atoms with Crippen LogP contribution in [0.4, 0.5) is 0 Å². The van der Waals surface area contributed by atoms with Crippen molar-refractivity contribution >= 4 is 10.8 Å². The standard InChI is InChI=1S/C14H14N2/c1-10-2-3-12-9-13(14(16)6-7-15)5-4-11(12)8-10/h2-5,8-9,14H,6,16H2,1H3. The van der Waals surface area contributed by atoms with Gasteiger partial charge in [-0.05, 0) is 29.3 Å². The SMILES string of the molecule is Cc1ccc2cc(C(N)CC#N)ccc2c1. The van der Waals surface area contributed by atoms with E-state index in [1.807, 2.05) is 6.07 Å². The second kappa shape index (κ2) is 4.34. The summed E-state index contributed by atoms with van der Waals surface area (Å²) < 4.78 is 0. The van der Waals surface area contributed by atoms with Gasteiger partial charge in [0.2, 0.25) is 0 Å². The molecule has 0 saturated heterocycles. The number of nitrogens with two attached hydrogens (primary N) is 1. The minimum Gasteiger partial charge on any atom is -0.323 e. The van der Waals surface area contributed by atoms with Crippen LogP contribution in [0.5, 0.6) is 0 Å². The molecule has 1 atom stereocenters. The van der Waals surface area contributed by atoms with Crippen LogP contribution in [0.25, 0.3) is 10.8 Å². The maximum atomic E-state index is 8.62. The summed E-state index contributed by atoms with van der Waals surface area (Å²) in [5.41, 5.74) is 8.18. The molecular weight excluding hydrogens is 196 g/mol. The zero-order valence-electron chi connectivity index (χ0n) is 9.27. The molecule has 0 aliphatic rings. The van der Waals surface area contributed by atoms with Gasteiger partial charge < -0.3 is 5.73 Å². The lowest BCUT2D eigenvalue weighted by molar-refractivity contribution is 0.750. The average molecular weight is 210 g/mol. The zero-order chi connectivity index (χ0) is 11.5. The van der Waals surface area contributed by atoms with Crippen molar-refractivity contribution in [1.29, 1.82) is 5.26 Å². The van der Waals surface area contributed by atoms with Gasteiger partial charge in [0, 0.05) is 6.04 Å². The maximum Gasteiger partial charge on any atom is 0.0641 e. The molecule has 0 bridgehead atoms. The smallest absolute Gasteiger partial charge is 0.0641 e. The first-order valence-corrected chi connectivity index (χ1v) is 5.33. The number of fused-ring (bicyclic) bond motifs is 1. The van der Waals surface area contributed by atoms with E-state index in [0.717, 1.165) is 5.56 Å². The van der Waals surface area contributed by atoms with Gasteiger partial charge in [0.05, 0.1) is 12.5 Å². The van der Waals surface area contributed by atoms with Crippen LogP contribution in [-0.4, -0.2) is 0 Å². The first-order valence-electron chi connectivity index (χ1n) is 5.33. The predicted octanol–water partition coefficient (Wildman–Crippen LogP) is 3.06. The Morgan fingerprint density at radius 1 is 1.19 bits per heavy atom. The summed E-state index contributed by atoms with van der Waals surface area (Å²) in [6, 6.07) is 14.4. The Morgan fingerprint density at radius 2 is 1.88 bits per heavy atom. The lowest BCUT2D eigenvalue weighted by atomic mass is 10.00. The van der Waals surface area contributed by atoms with E-state index in [9.17, 15) is 0 Å². The van der Waals surface area contributed by atoms with Crippen molar-refractivity contribution in [3.63, 3.8) is 0 Å². The second-order valence-corrected chi connectivity index (χ2v) is 4.08. The molecule has 80 valence electrons. The molecule has 2 nitrogen and oxygen atoms in total. The summed E-state index contributed by atoms with van der Waals surface area (Å²) in [5, 5.41) is 11.0. The number of nitrogens with zero attached hydrogens (tertiary/aromatic N) is 1. The van der Waals surface area contributed by atoms with Gasteiger partial charge in [-0.2, -0.15) is 5.26 Å². The molecule has 16 heavy (non-hydrogen) atoms. The Kier molecular flexibility index (Phi) is 2.89. The summed E-state index contributed by atoms with van der Waals surface area (Å²) >= 11 is 0. The molecule has 0 spiro atoms. The van der Waals surface area contributed by atoms with Crippen LogP contribution in [0.15, 0.2) is 36.4 Å². The maximum absolute atomic E-state index is 8.62. The van der Waals surface area contributed by atoms with Crippen molar-refractivity contribution in [2.24, 2.45) is 5.73 Å². The van der Waals surface area contributed by atoms with Gasteiger partial charge in [0.25, 0.3) is 0 Å². The lowest BCUT2D eigenvalue weighted by Gasteiger charge is -2.09. The minimum absolute atomic E-state index is 0.185. The normalized spacial score (nSPS) is 12.3. The molecule has 2 heteroatoms. The van der Waals surface area contributed by atoms with Crippen LogP contribution in [0.2, 0.25) is 0 Å². The van der Waals surface area contributed by atoms with Crippen molar-refractivity contribution in [1.82, 2.24) is 0 Å². The molecule has 0 aliphatic heterocycles. The fraction of sp³-hybridized carbons (Fsp3) is 0.214. The van der Waals surface area contributed by atoms with E-state index in [2.05, 4.69) is 43.3 Å². The largest absolute Gasteiger partial charge is 0.323 e. The summed E-state index contributed by atoms with van der Waals surface area (Å²) in [5.74, 6) is 0. The third-order valence-electron chi connectivity index (χ3n) is 2.76. The minimum atomic E-state index is -0.185. The molecule has 2 aromatic carbocycles. The van der Waals surface area contributed by atoms with Crippen molar-refractivity contribution < 1.29 is 0 Å². The van der Waals surface area contributed by atoms with E-state index in [1.165, 1.54) is 16.3 Å². The van der Waals surface area contributed by atoms with E-state index in [4.69, 9.17) is 11.0 Å². The predicted molar refractivity (Wildman–Crippen MR) is 65.8 cm³/mol. The van der Waals surface area contributed by atoms with Crippen LogP contribution < -0.4 is 5.73 Å². The van der Waals surface area contributed by atoms with E-state index < -0.39 is 0 Å². The van der Waals surface area contributed by atoms with Crippen molar-refractivity contribution in [2.75, 3.05) is 0 Å². The molecule has 0 aromatic heterocycles. The van der Waals surface area contributed by atoms with Gasteiger partial charge in [-0.25, -0.2) is 0 Å². The van der Waals surface area contributed by atoms with Gasteiger partial charge in [-0.3, -0.25) is 0 Å². The molecule has 2 N–H and O–H groups in total. The lowest BCUT2D eigenvalue weighted by Crippen LogP contribution is -2.08. The molecule has 0 fully saturated rings. The van der Waals surface area contributed by atoms with E-state index in [-0.39, 0.29) is 6.04 Å². The van der Waals surface area contributed by atoms with Crippen molar-refractivity contribution in [2.45, 2.75) is 19.4 Å². The number of benzene rings is 2.